The van der Waals surface area contributed by atoms with Crippen LogP contribution in [0.3, 0.4) is 0 Å². The van der Waals surface area contributed by atoms with E-state index >= 15 is 0 Å². The lowest BCUT2D eigenvalue weighted by Gasteiger charge is -2.06. The molecule has 0 unspecified atom stereocenters. The molecule has 0 aliphatic rings. The second kappa shape index (κ2) is 12.7. The molecule has 0 aliphatic heterocycles. The molecule has 1 heterocycles. The highest BCUT2D eigenvalue weighted by Gasteiger charge is 2.08. The number of pyridine rings is 1. The average Bonchev–Trinajstić information content (AvgIpc) is 2.29. The third-order valence-corrected chi connectivity index (χ3v) is 1.72. The van der Waals surface area contributed by atoms with Crippen molar-refractivity contribution < 1.29 is 19.0 Å². The van der Waals surface area contributed by atoms with Crippen LogP contribution in [0.2, 0.25) is 5.02 Å². The van der Waals surface area contributed by atoms with Crippen molar-refractivity contribution in [3.05, 3.63) is 22.8 Å². The fourth-order valence-electron chi connectivity index (χ4n) is 0.825. The van der Waals surface area contributed by atoms with Crippen LogP contribution in [-0.2, 0) is 6.54 Å². The van der Waals surface area contributed by atoms with Gasteiger partial charge < -0.3 is 15.9 Å². The first kappa shape index (κ1) is 22.4. The highest BCUT2D eigenvalue weighted by molar-refractivity contribution is 6.31. The minimum atomic E-state index is -2.54. The van der Waals surface area contributed by atoms with Crippen molar-refractivity contribution in [2.45, 2.75) is 13.0 Å². The van der Waals surface area contributed by atoms with Gasteiger partial charge in [0.05, 0.1) is 0 Å². The van der Waals surface area contributed by atoms with Gasteiger partial charge in [0.1, 0.15) is 5.02 Å². The molecule has 1 aromatic heterocycles. The summed E-state index contributed by atoms with van der Waals surface area (Å²) in [4.78, 5) is 3.75. The van der Waals surface area contributed by atoms with Crippen LogP contribution >= 0.6 is 24.0 Å². The second-order valence-corrected chi connectivity index (χ2v) is 2.94. The van der Waals surface area contributed by atoms with Crippen molar-refractivity contribution in [3.63, 3.8) is 0 Å². The Morgan fingerprint density at radius 3 is 2.33 bits per heavy atom. The van der Waals surface area contributed by atoms with Crippen LogP contribution in [-0.4, -0.2) is 23.5 Å². The van der Waals surface area contributed by atoms with Gasteiger partial charge in [-0.3, -0.25) is 11.7 Å². The van der Waals surface area contributed by atoms with Crippen molar-refractivity contribution >= 4 is 24.0 Å². The lowest BCUT2D eigenvalue weighted by atomic mass is 10.3. The van der Waals surface area contributed by atoms with Crippen molar-refractivity contribution in [3.8, 4) is 5.88 Å². The zero-order valence-corrected chi connectivity index (χ0v) is 10.8. The summed E-state index contributed by atoms with van der Waals surface area (Å²) >= 11 is 5.70. The molecule has 0 bridgehead atoms. The normalized spacial score (nSPS) is 8.61. The molecule has 1 rings (SSSR count). The Bertz CT molecular complexity index is 321. The third kappa shape index (κ3) is 8.34. The molecule has 6 nitrogen and oxygen atoms in total. The van der Waals surface area contributed by atoms with Gasteiger partial charge in [-0.15, -0.1) is 12.4 Å². The Kier molecular flexibility index (Phi) is 15.8. The number of nitrogens with zero attached hydrogens (tertiary/aromatic N) is 1. The third-order valence-electron chi connectivity index (χ3n) is 1.45. The molecule has 8 N–H and O–H groups in total. The number of aromatic nitrogens is 1. The summed E-state index contributed by atoms with van der Waals surface area (Å²) in [5.74, 6) is 8.00. The standard InChI is InChI=1S/C8H9ClF2N2O.ClH.H4N2.H2O/c9-6-1-5(2-12)3-13-8(6)14-4-7(10)11;;1-2;/h1,3,7H,2,4,12H2;1H;1-2H2;1H2. The topological polar surface area (TPSA) is 132 Å². The smallest absolute Gasteiger partial charge is 0.272 e. The first-order chi connectivity index (χ1) is 7.63. The van der Waals surface area contributed by atoms with Crippen LogP contribution in [0.1, 0.15) is 5.56 Å². The van der Waals surface area contributed by atoms with Gasteiger partial charge in [0.25, 0.3) is 6.43 Å². The fraction of sp³-hybridized carbons (Fsp3) is 0.375. The Balaban J connectivity index is -0.000000534. The fourth-order valence-corrected chi connectivity index (χ4v) is 1.07. The van der Waals surface area contributed by atoms with Crippen molar-refractivity contribution in [1.29, 1.82) is 0 Å². The quantitative estimate of drug-likeness (QED) is 0.542. The van der Waals surface area contributed by atoms with E-state index in [1.165, 1.54) is 12.3 Å². The first-order valence-corrected chi connectivity index (χ1v) is 4.60. The molecule has 108 valence electrons. The molecule has 10 heteroatoms. The van der Waals surface area contributed by atoms with Gasteiger partial charge in [0, 0.05) is 12.7 Å². The highest BCUT2D eigenvalue weighted by Crippen LogP contribution is 2.22. The van der Waals surface area contributed by atoms with E-state index in [0.29, 0.717) is 6.54 Å². The molecule has 1 aromatic rings. The molecule has 0 saturated carbocycles. The molecule has 0 radical (unpaired) electrons. The SMILES string of the molecule is Cl.NCc1cnc(OCC(F)F)c(Cl)c1.NN.O. The van der Waals surface area contributed by atoms with Crippen LogP contribution in [0.5, 0.6) is 5.88 Å². The van der Waals surface area contributed by atoms with E-state index in [4.69, 9.17) is 17.3 Å². The zero-order chi connectivity index (χ0) is 12.6. The van der Waals surface area contributed by atoms with E-state index in [1.807, 2.05) is 0 Å². The molecular weight excluding hydrogens is 293 g/mol. The van der Waals surface area contributed by atoms with Crippen molar-refractivity contribution in [2.75, 3.05) is 6.61 Å². The van der Waals surface area contributed by atoms with Gasteiger partial charge >= 0.3 is 0 Å². The van der Waals surface area contributed by atoms with Gasteiger partial charge in [-0.2, -0.15) is 0 Å². The molecule has 0 spiro atoms. The second-order valence-electron chi connectivity index (χ2n) is 2.54. The average molecular weight is 309 g/mol. The molecular formula is C8H16Cl2F2N4O2. The number of hydrazine groups is 1. The van der Waals surface area contributed by atoms with Gasteiger partial charge in [0.15, 0.2) is 6.61 Å². The van der Waals surface area contributed by atoms with Crippen molar-refractivity contribution in [1.82, 2.24) is 4.98 Å². The molecule has 0 amide bonds. The molecule has 0 aliphatic carbocycles. The van der Waals surface area contributed by atoms with Crippen LogP contribution < -0.4 is 22.2 Å². The van der Waals surface area contributed by atoms with E-state index in [9.17, 15) is 8.78 Å². The van der Waals surface area contributed by atoms with E-state index in [-0.39, 0.29) is 28.8 Å². The van der Waals surface area contributed by atoms with E-state index < -0.39 is 13.0 Å². The predicted octanol–water partition coefficient (Wildman–Crippen LogP) is 0.253. The lowest BCUT2D eigenvalue weighted by molar-refractivity contribution is 0.0796. The molecule has 0 saturated heterocycles. The van der Waals surface area contributed by atoms with E-state index in [0.717, 1.165) is 5.56 Å². The van der Waals surface area contributed by atoms with Crippen LogP contribution in [0.4, 0.5) is 8.78 Å². The predicted molar refractivity (Wildman–Crippen MR) is 67.9 cm³/mol. The Hall–Kier alpha value is -0.770. The number of nitrogens with two attached hydrogens (primary N) is 3. The molecule has 0 atom stereocenters. The number of rotatable bonds is 4. The molecule has 0 aromatic carbocycles. The largest absolute Gasteiger partial charge is 0.471 e. The number of hydrogen-bond acceptors (Lipinski definition) is 5. The maximum absolute atomic E-state index is 11.8. The summed E-state index contributed by atoms with van der Waals surface area (Å²) in [7, 11) is 0. The summed E-state index contributed by atoms with van der Waals surface area (Å²) in [5, 5.41) is 0.189. The monoisotopic (exact) mass is 308 g/mol. The van der Waals surface area contributed by atoms with E-state index in [1.54, 1.807) is 0 Å². The summed E-state index contributed by atoms with van der Waals surface area (Å²) in [6, 6.07) is 1.54. The maximum atomic E-state index is 11.8. The summed E-state index contributed by atoms with van der Waals surface area (Å²) in [6.07, 6.45) is -1.10. The number of alkyl halides is 2. The first-order valence-electron chi connectivity index (χ1n) is 4.22. The lowest BCUT2D eigenvalue weighted by Crippen LogP contribution is -2.08. The highest BCUT2D eigenvalue weighted by atomic mass is 35.5. The Morgan fingerprint density at radius 2 is 1.94 bits per heavy atom. The van der Waals surface area contributed by atoms with Gasteiger partial charge in [-0.25, -0.2) is 13.8 Å². The van der Waals surface area contributed by atoms with Crippen LogP contribution in [0, 0.1) is 0 Å². The van der Waals surface area contributed by atoms with Gasteiger partial charge in [-0.1, -0.05) is 11.6 Å². The minimum Gasteiger partial charge on any atom is -0.471 e. The number of ether oxygens (including phenoxy) is 1. The maximum Gasteiger partial charge on any atom is 0.272 e. The Morgan fingerprint density at radius 1 is 1.39 bits per heavy atom. The summed E-state index contributed by atoms with van der Waals surface area (Å²) < 4.78 is 28.2. The molecule has 18 heavy (non-hydrogen) atoms. The van der Waals surface area contributed by atoms with Gasteiger partial charge in [-0.05, 0) is 11.6 Å². The minimum absolute atomic E-state index is 0. The summed E-state index contributed by atoms with van der Waals surface area (Å²) in [5.41, 5.74) is 6.05. The molecule has 0 fully saturated rings. The van der Waals surface area contributed by atoms with Crippen LogP contribution in [0.25, 0.3) is 0 Å². The summed E-state index contributed by atoms with van der Waals surface area (Å²) in [6.45, 7) is -0.420. The van der Waals surface area contributed by atoms with Crippen molar-refractivity contribution in [2.24, 2.45) is 17.4 Å². The van der Waals surface area contributed by atoms with E-state index in [2.05, 4.69) is 21.4 Å². The zero-order valence-electron chi connectivity index (χ0n) is 9.28. The van der Waals surface area contributed by atoms with Crippen LogP contribution in [0.15, 0.2) is 12.3 Å². The van der Waals surface area contributed by atoms with Gasteiger partial charge in [0.2, 0.25) is 5.88 Å². The number of hydrogen-bond donors (Lipinski definition) is 3. The Labute approximate surface area is 114 Å². The number of halogens is 4.